The largest absolute Gasteiger partial charge is 0.545 e. The van der Waals surface area contributed by atoms with E-state index in [-0.39, 0.29) is 17.1 Å². The molecule has 0 aromatic heterocycles. The van der Waals surface area contributed by atoms with Gasteiger partial charge in [0.05, 0.1) is 11.7 Å². The molecule has 1 aromatic carbocycles. The molecule has 0 saturated carbocycles. The molecule has 1 aromatic rings. The molecule has 0 heterocycles. The summed E-state index contributed by atoms with van der Waals surface area (Å²) < 4.78 is 4.75. The molecule has 14 heavy (non-hydrogen) atoms. The molecule has 0 amide bonds. The summed E-state index contributed by atoms with van der Waals surface area (Å²) in [4.78, 5) is 21.2. The van der Waals surface area contributed by atoms with E-state index in [0.29, 0.717) is 0 Å². The van der Waals surface area contributed by atoms with Crippen LogP contribution in [-0.4, -0.2) is 17.7 Å². The molecule has 5 heteroatoms. The first-order chi connectivity index (χ1) is 6.63. The maximum absolute atomic E-state index is 10.8. The van der Waals surface area contributed by atoms with Gasteiger partial charge in [0.1, 0.15) is 5.75 Å². The third kappa shape index (κ3) is 2.77. The van der Waals surface area contributed by atoms with Crippen molar-refractivity contribution >= 4 is 24.6 Å². The molecule has 0 N–H and O–H groups in total. The van der Waals surface area contributed by atoms with Gasteiger partial charge in [-0.25, -0.2) is 0 Å². The Morgan fingerprint density at radius 1 is 1.43 bits per heavy atom. The maximum Gasteiger partial charge on any atom is 0.321 e. The Kier molecular flexibility index (Phi) is 3.53. The van der Waals surface area contributed by atoms with Gasteiger partial charge >= 0.3 is 5.97 Å². The van der Waals surface area contributed by atoms with Crippen LogP contribution in [0.1, 0.15) is 10.4 Å². The Morgan fingerprint density at radius 2 is 2.14 bits per heavy atom. The van der Waals surface area contributed by atoms with Crippen molar-refractivity contribution < 1.29 is 19.4 Å². The summed E-state index contributed by atoms with van der Waals surface area (Å²) in [5.41, 5.74) is -0.0329. The van der Waals surface area contributed by atoms with Gasteiger partial charge in [-0.2, -0.15) is 12.6 Å². The van der Waals surface area contributed by atoms with Gasteiger partial charge in [-0.3, -0.25) is 4.79 Å². The van der Waals surface area contributed by atoms with E-state index in [1.165, 1.54) is 24.3 Å². The third-order valence-corrected chi connectivity index (χ3v) is 1.69. The second-order valence-corrected chi connectivity index (χ2v) is 2.76. The molecule has 0 fully saturated rings. The van der Waals surface area contributed by atoms with Crippen LogP contribution in [0.15, 0.2) is 24.3 Å². The summed E-state index contributed by atoms with van der Waals surface area (Å²) in [7, 11) is 0. The van der Waals surface area contributed by atoms with Gasteiger partial charge in [-0.1, -0.05) is 12.1 Å². The topological polar surface area (TPSA) is 66.4 Å². The van der Waals surface area contributed by atoms with Gasteiger partial charge in [0.15, 0.2) is 0 Å². The normalized spacial score (nSPS) is 9.50. The summed E-state index contributed by atoms with van der Waals surface area (Å²) in [5.74, 6) is -1.74. The Labute approximate surface area is 85.9 Å². The van der Waals surface area contributed by atoms with Crippen molar-refractivity contribution in [2.45, 2.75) is 0 Å². The predicted molar refractivity (Wildman–Crippen MR) is 50.3 cm³/mol. The molecule has 74 valence electrons. The van der Waals surface area contributed by atoms with Crippen LogP contribution in [0.3, 0.4) is 0 Å². The number of carbonyl (C=O) groups excluding carboxylic acids is 2. The second kappa shape index (κ2) is 4.66. The second-order valence-electron chi connectivity index (χ2n) is 2.45. The summed E-state index contributed by atoms with van der Waals surface area (Å²) in [6.07, 6.45) is 0. The van der Waals surface area contributed by atoms with E-state index in [4.69, 9.17) is 4.74 Å². The van der Waals surface area contributed by atoms with Crippen LogP contribution in [0.4, 0.5) is 0 Å². The van der Waals surface area contributed by atoms with Crippen LogP contribution in [0, 0.1) is 0 Å². The number of hydrogen-bond acceptors (Lipinski definition) is 5. The zero-order valence-electron chi connectivity index (χ0n) is 7.10. The molecule has 0 saturated heterocycles. The monoisotopic (exact) mass is 211 g/mol. The maximum atomic E-state index is 10.8. The lowest BCUT2D eigenvalue weighted by Crippen LogP contribution is -2.22. The zero-order chi connectivity index (χ0) is 10.6. The lowest BCUT2D eigenvalue weighted by atomic mass is 10.2. The molecule has 0 bridgehead atoms. The molecule has 0 aliphatic heterocycles. The Hall–Kier alpha value is -1.49. The van der Waals surface area contributed by atoms with Crippen LogP contribution in [0.25, 0.3) is 0 Å². The Balaban J connectivity index is 2.83. The zero-order valence-corrected chi connectivity index (χ0v) is 7.99. The van der Waals surface area contributed by atoms with Crippen LogP contribution < -0.4 is 9.84 Å². The first-order valence-corrected chi connectivity index (χ1v) is 4.39. The summed E-state index contributed by atoms with van der Waals surface area (Å²) in [6.45, 7) is 0. The van der Waals surface area contributed by atoms with E-state index in [9.17, 15) is 14.7 Å². The number of carbonyl (C=O) groups is 2. The predicted octanol–water partition coefficient (Wildman–Crippen LogP) is -0.115. The van der Waals surface area contributed by atoms with E-state index < -0.39 is 11.9 Å². The molecule has 1 rings (SSSR count). The number of benzene rings is 1. The molecule has 0 radical (unpaired) electrons. The van der Waals surface area contributed by atoms with Gasteiger partial charge in [-0.05, 0) is 12.1 Å². The van der Waals surface area contributed by atoms with Gasteiger partial charge in [0, 0.05) is 5.56 Å². The van der Waals surface area contributed by atoms with E-state index in [1.54, 1.807) is 0 Å². The first kappa shape index (κ1) is 10.6. The van der Waals surface area contributed by atoms with Crippen molar-refractivity contribution in [2.75, 3.05) is 5.75 Å². The van der Waals surface area contributed by atoms with Crippen molar-refractivity contribution in [1.29, 1.82) is 0 Å². The van der Waals surface area contributed by atoms with Crippen LogP contribution in [-0.2, 0) is 4.79 Å². The number of carboxylic acids is 1. The fourth-order valence-corrected chi connectivity index (χ4v) is 0.915. The molecule has 0 unspecified atom stereocenters. The lowest BCUT2D eigenvalue weighted by molar-refractivity contribution is -0.255. The SMILES string of the molecule is O=C(CS)Oc1cccc(C(=O)[O-])c1. The molecule has 0 spiro atoms. The molecule has 4 nitrogen and oxygen atoms in total. The van der Waals surface area contributed by atoms with Crippen molar-refractivity contribution in [1.82, 2.24) is 0 Å². The third-order valence-electron chi connectivity index (χ3n) is 1.43. The highest BCUT2D eigenvalue weighted by molar-refractivity contribution is 7.81. The molecular formula is C9H7O4S-. The highest BCUT2D eigenvalue weighted by Gasteiger charge is 2.02. The van der Waals surface area contributed by atoms with Gasteiger partial charge in [-0.15, -0.1) is 0 Å². The van der Waals surface area contributed by atoms with Crippen molar-refractivity contribution in [3.63, 3.8) is 0 Å². The van der Waals surface area contributed by atoms with Gasteiger partial charge in [0.25, 0.3) is 0 Å². The number of aromatic carboxylic acids is 1. The lowest BCUT2D eigenvalue weighted by Gasteiger charge is -2.05. The quantitative estimate of drug-likeness (QED) is 0.430. The summed E-state index contributed by atoms with van der Waals surface area (Å²) in [6, 6.07) is 5.52. The molecular weight excluding hydrogens is 204 g/mol. The standard InChI is InChI=1S/C9H8O4S/c10-8(5-14)13-7-3-1-2-6(4-7)9(11)12/h1-4,14H,5H2,(H,11,12)/p-1. The fourth-order valence-electron chi connectivity index (χ4n) is 0.850. The summed E-state index contributed by atoms with van der Waals surface area (Å²) in [5, 5.41) is 10.4. The van der Waals surface area contributed by atoms with E-state index in [0.717, 1.165) is 0 Å². The van der Waals surface area contributed by atoms with Gasteiger partial charge < -0.3 is 14.6 Å². The van der Waals surface area contributed by atoms with Crippen LogP contribution in [0.5, 0.6) is 5.75 Å². The number of thiol groups is 1. The fraction of sp³-hybridized carbons (Fsp3) is 0.111. The van der Waals surface area contributed by atoms with Crippen LogP contribution in [0.2, 0.25) is 0 Å². The number of carboxylic acid groups (broad SMARTS) is 1. The Bertz CT molecular complexity index is 362. The minimum absolute atomic E-state index is 0.0329. The highest BCUT2D eigenvalue weighted by Crippen LogP contribution is 2.12. The van der Waals surface area contributed by atoms with Crippen LogP contribution >= 0.6 is 12.6 Å². The van der Waals surface area contributed by atoms with Crippen molar-refractivity contribution in [2.24, 2.45) is 0 Å². The smallest absolute Gasteiger partial charge is 0.321 e. The minimum Gasteiger partial charge on any atom is -0.545 e. The van der Waals surface area contributed by atoms with E-state index in [2.05, 4.69) is 12.6 Å². The van der Waals surface area contributed by atoms with Gasteiger partial charge in [0.2, 0.25) is 0 Å². The first-order valence-electron chi connectivity index (χ1n) is 3.76. The minimum atomic E-state index is -1.31. The molecule has 0 aliphatic rings. The number of esters is 1. The van der Waals surface area contributed by atoms with E-state index >= 15 is 0 Å². The van der Waals surface area contributed by atoms with Crippen molar-refractivity contribution in [3.8, 4) is 5.75 Å². The Morgan fingerprint density at radius 3 is 2.71 bits per heavy atom. The number of ether oxygens (including phenoxy) is 1. The number of hydrogen-bond donors (Lipinski definition) is 1. The van der Waals surface area contributed by atoms with Crippen molar-refractivity contribution in [3.05, 3.63) is 29.8 Å². The molecule has 0 aliphatic carbocycles. The average Bonchev–Trinajstić information content (AvgIpc) is 2.18. The van der Waals surface area contributed by atoms with E-state index in [1.807, 2.05) is 0 Å². The number of rotatable bonds is 3. The summed E-state index contributed by atoms with van der Waals surface area (Å²) >= 11 is 3.71. The highest BCUT2D eigenvalue weighted by atomic mass is 32.1. The molecule has 0 atom stereocenters. The average molecular weight is 211 g/mol.